The number of hydrazine groups is 1. The Balaban J connectivity index is 1.84. The number of ether oxygens (including phenoxy) is 1. The minimum absolute atomic E-state index is 0.117. The van der Waals surface area contributed by atoms with E-state index in [-0.39, 0.29) is 18.9 Å². The van der Waals surface area contributed by atoms with E-state index in [0.717, 1.165) is 18.4 Å². The molecule has 2 rings (SSSR count). The molecule has 0 fully saturated rings. The number of nitrogens with two attached hydrogens (primary N) is 2. The predicted molar refractivity (Wildman–Crippen MR) is 91.0 cm³/mol. The average Bonchev–Trinajstić information content (AvgIpc) is 2.60. The van der Waals surface area contributed by atoms with E-state index in [1.807, 2.05) is 48.5 Å². The SMILES string of the molecule is NNC(=O)Cc1ccc(CCc2ccc(OCC(N)=O)cc2)cc1. The largest absolute Gasteiger partial charge is 0.484 e. The molecular weight excluding hydrogens is 306 g/mol. The topological polar surface area (TPSA) is 107 Å². The molecule has 0 radical (unpaired) electrons. The van der Waals surface area contributed by atoms with Crippen molar-refractivity contribution < 1.29 is 14.3 Å². The maximum absolute atomic E-state index is 11.2. The van der Waals surface area contributed by atoms with E-state index in [1.165, 1.54) is 11.1 Å². The van der Waals surface area contributed by atoms with Crippen molar-refractivity contribution in [3.63, 3.8) is 0 Å². The number of carbonyl (C=O) groups excluding carboxylic acids is 2. The molecule has 2 aromatic rings. The number of aryl methyl sites for hydroxylation is 2. The Morgan fingerprint density at radius 3 is 1.88 bits per heavy atom. The van der Waals surface area contributed by atoms with Crippen molar-refractivity contribution in [2.24, 2.45) is 11.6 Å². The van der Waals surface area contributed by atoms with Crippen molar-refractivity contribution in [1.82, 2.24) is 5.43 Å². The molecule has 0 heterocycles. The van der Waals surface area contributed by atoms with Crippen molar-refractivity contribution in [1.29, 1.82) is 0 Å². The molecule has 0 saturated heterocycles. The lowest BCUT2D eigenvalue weighted by atomic mass is 10.0. The van der Waals surface area contributed by atoms with Crippen LogP contribution in [0.5, 0.6) is 5.75 Å². The lowest BCUT2D eigenvalue weighted by Gasteiger charge is -2.06. The highest BCUT2D eigenvalue weighted by atomic mass is 16.5. The highest BCUT2D eigenvalue weighted by molar-refractivity contribution is 5.77. The summed E-state index contributed by atoms with van der Waals surface area (Å²) in [5.41, 5.74) is 10.5. The second-order valence-corrected chi connectivity index (χ2v) is 5.46. The maximum Gasteiger partial charge on any atom is 0.255 e. The van der Waals surface area contributed by atoms with E-state index in [1.54, 1.807) is 0 Å². The summed E-state index contributed by atoms with van der Waals surface area (Å²) in [6.07, 6.45) is 2.06. The number of hydrogen-bond donors (Lipinski definition) is 3. The van der Waals surface area contributed by atoms with Crippen LogP contribution in [0.1, 0.15) is 16.7 Å². The molecule has 6 heteroatoms. The average molecular weight is 327 g/mol. The van der Waals surface area contributed by atoms with Gasteiger partial charge in [-0.2, -0.15) is 0 Å². The Labute approximate surface area is 140 Å². The van der Waals surface area contributed by atoms with Gasteiger partial charge in [-0.05, 0) is 41.7 Å². The molecule has 0 aliphatic heterocycles. The summed E-state index contributed by atoms with van der Waals surface area (Å²) in [5, 5.41) is 0. The summed E-state index contributed by atoms with van der Waals surface area (Å²) in [5.74, 6) is 5.00. The number of rotatable bonds is 8. The monoisotopic (exact) mass is 327 g/mol. The molecule has 0 aliphatic carbocycles. The number of benzene rings is 2. The molecule has 0 aliphatic rings. The predicted octanol–water partition coefficient (Wildman–Crippen LogP) is 0.868. The van der Waals surface area contributed by atoms with Crippen LogP contribution in [0.15, 0.2) is 48.5 Å². The standard InChI is InChI=1S/C18H21N3O3/c19-17(22)12-24-16-9-7-14(8-10-16)2-1-13-3-5-15(6-4-13)11-18(23)21-20/h3-10H,1-2,11-12,20H2,(H2,19,22)(H,21,23). The van der Waals surface area contributed by atoms with Crippen LogP contribution in [0.3, 0.4) is 0 Å². The highest BCUT2D eigenvalue weighted by Crippen LogP contribution is 2.14. The minimum Gasteiger partial charge on any atom is -0.484 e. The lowest BCUT2D eigenvalue weighted by molar-refractivity contribution is -0.121. The third-order valence-electron chi connectivity index (χ3n) is 3.56. The molecule has 24 heavy (non-hydrogen) atoms. The van der Waals surface area contributed by atoms with E-state index >= 15 is 0 Å². The van der Waals surface area contributed by atoms with E-state index in [0.29, 0.717) is 5.75 Å². The molecule has 5 N–H and O–H groups in total. The van der Waals surface area contributed by atoms with Crippen molar-refractivity contribution >= 4 is 11.8 Å². The molecule has 126 valence electrons. The minimum atomic E-state index is -0.494. The Kier molecular flexibility index (Phi) is 6.33. The molecule has 0 bridgehead atoms. The Morgan fingerprint density at radius 2 is 1.38 bits per heavy atom. The second-order valence-electron chi connectivity index (χ2n) is 5.46. The Morgan fingerprint density at radius 1 is 0.875 bits per heavy atom. The molecule has 0 aromatic heterocycles. The first-order chi connectivity index (χ1) is 11.6. The lowest BCUT2D eigenvalue weighted by Crippen LogP contribution is -2.31. The van der Waals surface area contributed by atoms with E-state index < -0.39 is 5.91 Å². The van der Waals surface area contributed by atoms with Crippen LogP contribution in [-0.4, -0.2) is 18.4 Å². The smallest absolute Gasteiger partial charge is 0.255 e. The zero-order valence-electron chi connectivity index (χ0n) is 13.3. The molecule has 0 atom stereocenters. The number of carbonyl (C=O) groups is 2. The summed E-state index contributed by atoms with van der Waals surface area (Å²) in [6, 6.07) is 15.5. The number of primary amides is 1. The summed E-state index contributed by atoms with van der Waals surface area (Å²) < 4.78 is 5.22. The molecule has 6 nitrogen and oxygen atoms in total. The first-order valence-corrected chi connectivity index (χ1v) is 7.64. The van der Waals surface area contributed by atoms with Gasteiger partial charge in [0.15, 0.2) is 6.61 Å². The fourth-order valence-electron chi connectivity index (χ4n) is 2.26. The fourth-order valence-corrected chi connectivity index (χ4v) is 2.26. The summed E-state index contributed by atoms with van der Waals surface area (Å²) >= 11 is 0. The van der Waals surface area contributed by atoms with Gasteiger partial charge in [0.2, 0.25) is 5.91 Å². The normalized spacial score (nSPS) is 10.2. The van der Waals surface area contributed by atoms with Gasteiger partial charge < -0.3 is 10.5 Å². The van der Waals surface area contributed by atoms with Gasteiger partial charge in [0.05, 0.1) is 6.42 Å². The van der Waals surface area contributed by atoms with Crippen LogP contribution < -0.4 is 21.7 Å². The third kappa shape index (κ3) is 5.73. The quantitative estimate of drug-likeness (QED) is 0.380. The van der Waals surface area contributed by atoms with Crippen LogP contribution in [-0.2, 0) is 28.9 Å². The molecule has 2 amide bonds. The molecule has 0 spiro atoms. The first-order valence-electron chi connectivity index (χ1n) is 7.64. The van der Waals surface area contributed by atoms with E-state index in [4.69, 9.17) is 16.3 Å². The summed E-state index contributed by atoms with van der Waals surface area (Å²) in [4.78, 5) is 21.9. The molecular formula is C18H21N3O3. The van der Waals surface area contributed by atoms with Crippen LogP contribution in [0.4, 0.5) is 0 Å². The second kappa shape index (κ2) is 8.69. The van der Waals surface area contributed by atoms with Crippen molar-refractivity contribution in [2.45, 2.75) is 19.3 Å². The third-order valence-corrected chi connectivity index (χ3v) is 3.56. The van der Waals surface area contributed by atoms with Crippen LogP contribution >= 0.6 is 0 Å². The molecule has 0 unspecified atom stereocenters. The van der Waals surface area contributed by atoms with Gasteiger partial charge in [0.1, 0.15) is 5.75 Å². The first kappa shape index (κ1) is 17.5. The van der Waals surface area contributed by atoms with E-state index in [2.05, 4.69) is 5.43 Å². The number of amides is 2. The zero-order valence-corrected chi connectivity index (χ0v) is 13.3. The van der Waals surface area contributed by atoms with Gasteiger partial charge in [0.25, 0.3) is 5.91 Å². The van der Waals surface area contributed by atoms with Gasteiger partial charge in [-0.3, -0.25) is 15.0 Å². The van der Waals surface area contributed by atoms with Crippen molar-refractivity contribution in [3.8, 4) is 5.75 Å². The van der Waals surface area contributed by atoms with Crippen LogP contribution in [0.25, 0.3) is 0 Å². The Bertz CT molecular complexity index is 682. The van der Waals surface area contributed by atoms with Gasteiger partial charge >= 0.3 is 0 Å². The number of nitrogens with one attached hydrogen (secondary N) is 1. The summed E-state index contributed by atoms with van der Waals surface area (Å²) in [7, 11) is 0. The van der Waals surface area contributed by atoms with Gasteiger partial charge in [-0.15, -0.1) is 0 Å². The molecule has 0 saturated carbocycles. The maximum atomic E-state index is 11.2. The summed E-state index contributed by atoms with van der Waals surface area (Å²) in [6.45, 7) is -0.117. The van der Waals surface area contributed by atoms with Crippen molar-refractivity contribution in [3.05, 3.63) is 65.2 Å². The van der Waals surface area contributed by atoms with E-state index in [9.17, 15) is 9.59 Å². The highest BCUT2D eigenvalue weighted by Gasteiger charge is 2.02. The van der Waals surface area contributed by atoms with Gasteiger partial charge in [0, 0.05) is 0 Å². The Hall–Kier alpha value is -2.86. The molecule has 2 aromatic carbocycles. The number of hydrogen-bond acceptors (Lipinski definition) is 4. The fraction of sp³-hybridized carbons (Fsp3) is 0.222. The van der Waals surface area contributed by atoms with Crippen LogP contribution in [0, 0.1) is 0 Å². The van der Waals surface area contributed by atoms with Gasteiger partial charge in [-0.25, -0.2) is 5.84 Å². The van der Waals surface area contributed by atoms with Crippen molar-refractivity contribution in [2.75, 3.05) is 6.61 Å². The zero-order chi connectivity index (χ0) is 17.4. The van der Waals surface area contributed by atoms with Crippen LogP contribution in [0.2, 0.25) is 0 Å². The van der Waals surface area contributed by atoms with Gasteiger partial charge in [-0.1, -0.05) is 36.4 Å².